The second kappa shape index (κ2) is 11.9. The zero-order valence-electron chi connectivity index (χ0n) is 22.2. The first-order chi connectivity index (χ1) is 19.0. The number of ether oxygens (including phenoxy) is 1. The van der Waals surface area contributed by atoms with Crippen molar-refractivity contribution in [3.63, 3.8) is 0 Å². The summed E-state index contributed by atoms with van der Waals surface area (Å²) < 4.78 is 5.80. The highest BCUT2D eigenvalue weighted by molar-refractivity contribution is 6.08. The van der Waals surface area contributed by atoms with E-state index in [1.165, 1.54) is 0 Å². The second-order valence-electron chi connectivity index (χ2n) is 9.69. The molecule has 7 heteroatoms. The number of aromatic nitrogens is 1. The molecule has 4 aromatic rings. The van der Waals surface area contributed by atoms with E-state index in [-0.39, 0.29) is 17.7 Å². The van der Waals surface area contributed by atoms with E-state index in [2.05, 4.69) is 15.8 Å². The number of hydrogen-bond donors (Lipinski definition) is 2. The fourth-order valence-electron chi connectivity index (χ4n) is 4.95. The maximum Gasteiger partial charge on any atom is 0.272 e. The molecule has 0 radical (unpaired) electrons. The van der Waals surface area contributed by atoms with Gasteiger partial charge in [0.05, 0.1) is 29.1 Å². The molecule has 1 fully saturated rings. The first-order valence-corrected chi connectivity index (χ1v) is 13.4. The highest BCUT2D eigenvalue weighted by Crippen LogP contribution is 2.31. The molecule has 0 spiro atoms. The van der Waals surface area contributed by atoms with E-state index in [0.29, 0.717) is 34.8 Å². The van der Waals surface area contributed by atoms with E-state index in [4.69, 9.17) is 9.72 Å². The quantitative estimate of drug-likeness (QED) is 0.203. The van der Waals surface area contributed by atoms with Gasteiger partial charge in [-0.15, -0.1) is 0 Å². The summed E-state index contributed by atoms with van der Waals surface area (Å²) in [5, 5.41) is 8.11. The Morgan fingerprint density at radius 3 is 2.46 bits per heavy atom. The lowest BCUT2D eigenvalue weighted by atomic mass is 10.0. The Morgan fingerprint density at radius 2 is 1.69 bits per heavy atom. The van der Waals surface area contributed by atoms with Crippen LogP contribution in [-0.2, 0) is 4.79 Å². The maximum absolute atomic E-state index is 13.4. The van der Waals surface area contributed by atoms with Crippen LogP contribution in [0.25, 0.3) is 22.2 Å². The van der Waals surface area contributed by atoms with Gasteiger partial charge in [0.1, 0.15) is 5.75 Å². The number of hydrogen-bond acceptors (Lipinski definition) is 5. The summed E-state index contributed by atoms with van der Waals surface area (Å²) in [5.74, 6) is 0.584. The van der Waals surface area contributed by atoms with Crippen molar-refractivity contribution in [3.05, 3.63) is 90.0 Å². The molecule has 5 rings (SSSR count). The van der Waals surface area contributed by atoms with Gasteiger partial charge >= 0.3 is 0 Å². The van der Waals surface area contributed by atoms with Crippen molar-refractivity contribution in [3.8, 4) is 17.0 Å². The van der Waals surface area contributed by atoms with E-state index < -0.39 is 0 Å². The van der Waals surface area contributed by atoms with Gasteiger partial charge in [-0.3, -0.25) is 9.59 Å². The van der Waals surface area contributed by atoms with Gasteiger partial charge in [0.25, 0.3) is 5.91 Å². The van der Waals surface area contributed by atoms with Crippen LogP contribution in [0.4, 0.5) is 5.69 Å². The third-order valence-corrected chi connectivity index (χ3v) is 7.04. The minimum absolute atomic E-state index is 0.0886. The SMILES string of the molecule is CCOc1ccccc1-c1cc(C(=O)N/N=C(/C)c2ccc(NC(=O)C3CCCC3)cc2)c2ccccc2n1. The molecule has 39 heavy (non-hydrogen) atoms. The fraction of sp³-hybridized carbons (Fsp3) is 0.250. The minimum Gasteiger partial charge on any atom is -0.493 e. The topological polar surface area (TPSA) is 92.7 Å². The van der Waals surface area contributed by atoms with Crippen molar-refractivity contribution >= 4 is 34.1 Å². The van der Waals surface area contributed by atoms with Crippen LogP contribution < -0.4 is 15.5 Å². The van der Waals surface area contributed by atoms with Crippen LogP contribution in [0.3, 0.4) is 0 Å². The lowest BCUT2D eigenvalue weighted by molar-refractivity contribution is -0.119. The number of nitrogens with one attached hydrogen (secondary N) is 2. The predicted molar refractivity (Wildman–Crippen MR) is 155 cm³/mol. The smallest absolute Gasteiger partial charge is 0.272 e. The zero-order chi connectivity index (χ0) is 27.2. The minimum atomic E-state index is -0.330. The zero-order valence-corrected chi connectivity index (χ0v) is 22.2. The van der Waals surface area contributed by atoms with Crippen LogP contribution in [0, 0.1) is 5.92 Å². The Hall–Kier alpha value is -4.52. The van der Waals surface area contributed by atoms with Crippen LogP contribution in [0.1, 0.15) is 55.5 Å². The third-order valence-electron chi connectivity index (χ3n) is 7.04. The highest BCUT2D eigenvalue weighted by Gasteiger charge is 2.22. The van der Waals surface area contributed by atoms with Crippen LogP contribution in [0.2, 0.25) is 0 Å². The van der Waals surface area contributed by atoms with Gasteiger partial charge < -0.3 is 10.1 Å². The summed E-state index contributed by atoms with van der Waals surface area (Å²) in [6, 6.07) is 24.5. The summed E-state index contributed by atoms with van der Waals surface area (Å²) in [5.41, 5.74) is 7.63. The Bertz CT molecular complexity index is 1520. The van der Waals surface area contributed by atoms with Gasteiger partial charge in [-0.05, 0) is 68.7 Å². The van der Waals surface area contributed by atoms with Crippen molar-refractivity contribution in [1.29, 1.82) is 0 Å². The molecule has 1 saturated carbocycles. The van der Waals surface area contributed by atoms with Crippen molar-refractivity contribution in [1.82, 2.24) is 10.4 Å². The lowest BCUT2D eigenvalue weighted by Gasteiger charge is -2.13. The average molecular weight is 521 g/mol. The number of hydrazone groups is 1. The Labute approximate surface area is 228 Å². The number of amides is 2. The number of nitrogens with zero attached hydrogens (tertiary/aromatic N) is 2. The Balaban J connectivity index is 1.35. The molecule has 2 N–H and O–H groups in total. The van der Waals surface area contributed by atoms with Crippen LogP contribution in [0.15, 0.2) is 84.0 Å². The first-order valence-electron chi connectivity index (χ1n) is 13.4. The summed E-state index contributed by atoms with van der Waals surface area (Å²) in [4.78, 5) is 30.6. The molecule has 1 heterocycles. The van der Waals surface area contributed by atoms with Gasteiger partial charge in [-0.2, -0.15) is 5.10 Å². The maximum atomic E-state index is 13.4. The molecule has 1 aromatic heterocycles. The fourth-order valence-corrected chi connectivity index (χ4v) is 4.95. The molecule has 0 unspecified atom stereocenters. The van der Waals surface area contributed by atoms with E-state index in [1.807, 2.05) is 86.6 Å². The molecule has 198 valence electrons. The number of benzene rings is 3. The molecule has 0 saturated heterocycles. The molecule has 1 aliphatic carbocycles. The number of fused-ring (bicyclic) bond motifs is 1. The molecule has 0 atom stereocenters. The first kappa shape index (κ1) is 26.1. The van der Waals surface area contributed by atoms with E-state index in [1.54, 1.807) is 6.07 Å². The van der Waals surface area contributed by atoms with Crippen LogP contribution in [0.5, 0.6) is 5.75 Å². The average Bonchev–Trinajstić information content (AvgIpc) is 3.51. The van der Waals surface area contributed by atoms with Crippen molar-refractivity contribution in [2.75, 3.05) is 11.9 Å². The van der Waals surface area contributed by atoms with Crippen LogP contribution >= 0.6 is 0 Å². The van der Waals surface area contributed by atoms with Gasteiger partial charge in [-0.25, -0.2) is 10.4 Å². The van der Waals surface area contributed by atoms with Gasteiger partial charge in [0.2, 0.25) is 5.91 Å². The second-order valence-corrected chi connectivity index (χ2v) is 9.69. The molecular formula is C32H32N4O3. The third kappa shape index (κ3) is 5.98. The largest absolute Gasteiger partial charge is 0.493 e. The highest BCUT2D eigenvalue weighted by atomic mass is 16.5. The number of para-hydroxylation sites is 2. The Kier molecular flexibility index (Phi) is 7.96. The number of carbonyl (C=O) groups excluding carboxylic acids is 2. The molecule has 2 amide bonds. The van der Waals surface area contributed by atoms with E-state index in [9.17, 15) is 9.59 Å². The van der Waals surface area contributed by atoms with Crippen molar-refractivity contribution in [2.45, 2.75) is 39.5 Å². The molecule has 0 aliphatic heterocycles. The monoisotopic (exact) mass is 520 g/mol. The Morgan fingerprint density at radius 1 is 0.974 bits per heavy atom. The van der Waals surface area contributed by atoms with Gasteiger partial charge in [0, 0.05) is 22.6 Å². The molecule has 3 aromatic carbocycles. The summed E-state index contributed by atoms with van der Waals surface area (Å²) in [6.45, 7) is 4.30. The lowest BCUT2D eigenvalue weighted by Crippen LogP contribution is -2.20. The predicted octanol–water partition coefficient (Wildman–Crippen LogP) is 6.58. The van der Waals surface area contributed by atoms with Crippen LogP contribution in [-0.4, -0.2) is 29.1 Å². The molecule has 1 aliphatic rings. The number of pyridine rings is 1. The summed E-state index contributed by atoms with van der Waals surface area (Å²) >= 11 is 0. The molecular weight excluding hydrogens is 488 g/mol. The summed E-state index contributed by atoms with van der Waals surface area (Å²) in [7, 11) is 0. The summed E-state index contributed by atoms with van der Waals surface area (Å²) in [6.07, 6.45) is 4.16. The van der Waals surface area contributed by atoms with E-state index in [0.717, 1.165) is 47.9 Å². The van der Waals surface area contributed by atoms with Crippen molar-refractivity contribution < 1.29 is 14.3 Å². The number of rotatable bonds is 8. The molecule has 0 bridgehead atoms. The number of carbonyl (C=O) groups is 2. The van der Waals surface area contributed by atoms with E-state index >= 15 is 0 Å². The standard InChI is InChI=1S/C32H32N4O3/c1-3-39-30-15-9-7-13-26(30)29-20-27(25-12-6-8-14-28(25)34-29)32(38)36-35-21(2)22-16-18-24(19-17-22)33-31(37)23-10-4-5-11-23/h6-9,12-20,23H,3-5,10-11H2,1-2H3,(H,33,37)(H,36,38)/b35-21-. The normalized spacial score (nSPS) is 13.8. The van der Waals surface area contributed by atoms with Crippen molar-refractivity contribution in [2.24, 2.45) is 11.0 Å². The van der Waals surface area contributed by atoms with Gasteiger partial charge in [-0.1, -0.05) is 55.3 Å². The number of anilines is 1. The van der Waals surface area contributed by atoms with Gasteiger partial charge in [0.15, 0.2) is 0 Å². The molecule has 7 nitrogen and oxygen atoms in total.